The first-order valence-corrected chi connectivity index (χ1v) is 9.18. The fraction of sp³-hybridized carbons (Fsp3) is 0.150. The van der Waals surface area contributed by atoms with Crippen LogP contribution >= 0.6 is 11.8 Å². The van der Waals surface area contributed by atoms with Gasteiger partial charge >= 0.3 is 0 Å². The van der Waals surface area contributed by atoms with Crippen LogP contribution in [0.4, 0.5) is 0 Å². The molecule has 26 heavy (non-hydrogen) atoms. The number of amides is 1. The van der Waals surface area contributed by atoms with Crippen molar-refractivity contribution in [1.29, 1.82) is 0 Å². The Labute approximate surface area is 156 Å². The van der Waals surface area contributed by atoms with E-state index in [-0.39, 0.29) is 5.91 Å². The highest BCUT2D eigenvalue weighted by molar-refractivity contribution is 8.00. The molecule has 0 saturated heterocycles. The molecule has 0 bridgehead atoms. The zero-order valence-corrected chi connectivity index (χ0v) is 15.0. The van der Waals surface area contributed by atoms with Crippen molar-refractivity contribution in [2.75, 3.05) is 5.75 Å². The van der Waals surface area contributed by atoms with Crippen molar-refractivity contribution >= 4 is 17.7 Å². The van der Waals surface area contributed by atoms with Crippen LogP contribution in [0.15, 0.2) is 78.2 Å². The summed E-state index contributed by atoms with van der Waals surface area (Å²) in [5.41, 5.74) is 2.05. The van der Waals surface area contributed by atoms with E-state index in [9.17, 15) is 4.79 Å². The van der Waals surface area contributed by atoms with E-state index >= 15 is 0 Å². The van der Waals surface area contributed by atoms with Crippen molar-refractivity contribution in [2.45, 2.75) is 18.0 Å². The van der Waals surface area contributed by atoms with Gasteiger partial charge in [0.1, 0.15) is 12.4 Å². The molecule has 2 heterocycles. The number of hydrogen-bond acceptors (Lipinski definition) is 5. The van der Waals surface area contributed by atoms with Crippen LogP contribution in [-0.2, 0) is 17.9 Å². The van der Waals surface area contributed by atoms with E-state index in [4.69, 9.17) is 4.74 Å². The molecule has 1 amide bonds. The Kier molecular flexibility index (Phi) is 6.61. The minimum Gasteiger partial charge on any atom is -0.489 e. The third-order valence-corrected chi connectivity index (χ3v) is 4.57. The van der Waals surface area contributed by atoms with Gasteiger partial charge in [-0.1, -0.05) is 18.2 Å². The Bertz CT molecular complexity index is 811. The van der Waals surface area contributed by atoms with E-state index in [1.807, 2.05) is 48.5 Å². The first-order chi connectivity index (χ1) is 12.8. The maximum absolute atomic E-state index is 11.9. The first kappa shape index (κ1) is 17.9. The lowest BCUT2D eigenvalue weighted by Crippen LogP contribution is -2.24. The van der Waals surface area contributed by atoms with Crippen LogP contribution in [0, 0.1) is 0 Å². The third-order valence-electron chi connectivity index (χ3n) is 3.56. The van der Waals surface area contributed by atoms with Crippen molar-refractivity contribution in [3.63, 3.8) is 0 Å². The number of carbonyl (C=O) groups is 1. The molecule has 1 aromatic carbocycles. The predicted octanol–water partition coefficient (Wildman–Crippen LogP) is 3.46. The fourth-order valence-electron chi connectivity index (χ4n) is 2.19. The van der Waals surface area contributed by atoms with E-state index in [1.54, 1.807) is 24.8 Å². The Morgan fingerprint density at radius 3 is 2.50 bits per heavy atom. The number of rotatable bonds is 8. The lowest BCUT2D eigenvalue weighted by atomic mass is 10.2. The number of carbonyl (C=O) groups excluding carboxylic acids is 1. The molecule has 0 aliphatic rings. The number of pyridine rings is 2. The standard InChI is InChI=1S/C20H19N3O2S/c24-20(15-26-19-7-10-21-11-8-19)23-13-16-3-5-18(6-4-16)25-14-17-2-1-9-22-12-17/h1-12H,13-15H2,(H,23,24). The van der Waals surface area contributed by atoms with E-state index in [0.29, 0.717) is 18.9 Å². The predicted molar refractivity (Wildman–Crippen MR) is 102 cm³/mol. The second-order valence-electron chi connectivity index (χ2n) is 5.54. The zero-order valence-electron chi connectivity index (χ0n) is 14.2. The Morgan fingerprint density at radius 2 is 1.77 bits per heavy atom. The normalized spacial score (nSPS) is 10.3. The molecule has 1 N–H and O–H groups in total. The number of benzene rings is 1. The molecule has 0 saturated carbocycles. The summed E-state index contributed by atoms with van der Waals surface area (Å²) in [7, 11) is 0. The number of nitrogens with one attached hydrogen (secondary N) is 1. The monoisotopic (exact) mass is 365 g/mol. The highest BCUT2D eigenvalue weighted by Crippen LogP contribution is 2.16. The summed E-state index contributed by atoms with van der Waals surface area (Å²) in [6.45, 7) is 0.981. The molecular formula is C20H19N3O2S. The highest BCUT2D eigenvalue weighted by atomic mass is 32.2. The number of aromatic nitrogens is 2. The molecular weight excluding hydrogens is 346 g/mol. The van der Waals surface area contributed by atoms with E-state index in [1.165, 1.54) is 11.8 Å². The van der Waals surface area contributed by atoms with E-state index < -0.39 is 0 Å². The smallest absolute Gasteiger partial charge is 0.230 e. The molecule has 0 aliphatic heterocycles. The van der Waals surface area contributed by atoms with Gasteiger partial charge in [0, 0.05) is 41.8 Å². The molecule has 0 atom stereocenters. The Morgan fingerprint density at radius 1 is 0.962 bits per heavy atom. The number of thioether (sulfide) groups is 1. The topological polar surface area (TPSA) is 64.1 Å². The van der Waals surface area contributed by atoms with Gasteiger partial charge in [0.25, 0.3) is 0 Å². The second-order valence-corrected chi connectivity index (χ2v) is 6.59. The minimum atomic E-state index is 0.00344. The molecule has 5 nitrogen and oxygen atoms in total. The third kappa shape index (κ3) is 5.89. The number of ether oxygens (including phenoxy) is 1. The molecule has 0 radical (unpaired) electrons. The van der Waals surface area contributed by atoms with Crippen LogP contribution in [0.3, 0.4) is 0 Å². The van der Waals surface area contributed by atoms with Crippen molar-refractivity contribution in [3.8, 4) is 5.75 Å². The number of hydrogen-bond donors (Lipinski definition) is 1. The Balaban J connectivity index is 1.40. The summed E-state index contributed by atoms with van der Waals surface area (Å²) in [4.78, 5) is 21.0. The summed E-state index contributed by atoms with van der Waals surface area (Å²) in [5, 5.41) is 2.92. The number of nitrogens with zero attached hydrogens (tertiary/aromatic N) is 2. The van der Waals surface area contributed by atoms with Crippen LogP contribution in [0.25, 0.3) is 0 Å². The molecule has 0 spiro atoms. The molecule has 6 heteroatoms. The van der Waals surface area contributed by atoms with Gasteiger partial charge in [-0.05, 0) is 35.9 Å². The molecule has 0 fully saturated rings. The fourth-order valence-corrected chi connectivity index (χ4v) is 2.90. The summed E-state index contributed by atoms with van der Waals surface area (Å²) in [6, 6.07) is 15.4. The van der Waals surface area contributed by atoms with Crippen molar-refractivity contribution < 1.29 is 9.53 Å². The largest absolute Gasteiger partial charge is 0.489 e. The van der Waals surface area contributed by atoms with Crippen LogP contribution in [-0.4, -0.2) is 21.6 Å². The minimum absolute atomic E-state index is 0.00344. The van der Waals surface area contributed by atoms with Crippen LogP contribution < -0.4 is 10.1 Å². The van der Waals surface area contributed by atoms with Gasteiger partial charge in [-0.25, -0.2) is 0 Å². The van der Waals surface area contributed by atoms with Crippen molar-refractivity contribution in [2.24, 2.45) is 0 Å². The van der Waals surface area contributed by atoms with Gasteiger partial charge in [-0.15, -0.1) is 11.8 Å². The van der Waals surface area contributed by atoms with Gasteiger partial charge in [0.2, 0.25) is 5.91 Å². The second kappa shape index (κ2) is 9.58. The zero-order chi connectivity index (χ0) is 18.0. The lowest BCUT2D eigenvalue weighted by Gasteiger charge is -2.08. The quantitative estimate of drug-likeness (QED) is 0.619. The molecule has 132 valence electrons. The van der Waals surface area contributed by atoms with E-state index in [0.717, 1.165) is 21.8 Å². The van der Waals surface area contributed by atoms with Gasteiger partial charge in [0.15, 0.2) is 0 Å². The van der Waals surface area contributed by atoms with Crippen molar-refractivity contribution in [3.05, 3.63) is 84.4 Å². The lowest BCUT2D eigenvalue weighted by molar-refractivity contribution is -0.118. The molecule has 3 rings (SSSR count). The van der Waals surface area contributed by atoms with Crippen LogP contribution in [0.1, 0.15) is 11.1 Å². The maximum atomic E-state index is 11.9. The van der Waals surface area contributed by atoms with Gasteiger partial charge in [-0.2, -0.15) is 0 Å². The highest BCUT2D eigenvalue weighted by Gasteiger charge is 2.03. The van der Waals surface area contributed by atoms with Gasteiger partial charge in [0.05, 0.1) is 5.75 Å². The van der Waals surface area contributed by atoms with Crippen molar-refractivity contribution in [1.82, 2.24) is 15.3 Å². The summed E-state index contributed by atoms with van der Waals surface area (Å²) in [6.07, 6.45) is 6.96. The summed E-state index contributed by atoms with van der Waals surface area (Å²) < 4.78 is 5.72. The summed E-state index contributed by atoms with van der Waals surface area (Å²) in [5.74, 6) is 1.18. The Hall–Kier alpha value is -2.86. The summed E-state index contributed by atoms with van der Waals surface area (Å²) >= 11 is 1.49. The SMILES string of the molecule is O=C(CSc1ccncc1)NCc1ccc(OCc2cccnc2)cc1. The maximum Gasteiger partial charge on any atom is 0.230 e. The molecule has 0 unspecified atom stereocenters. The van der Waals surface area contributed by atoms with Crippen LogP contribution in [0.2, 0.25) is 0 Å². The van der Waals surface area contributed by atoms with Crippen LogP contribution in [0.5, 0.6) is 5.75 Å². The average molecular weight is 365 g/mol. The van der Waals surface area contributed by atoms with Gasteiger partial charge < -0.3 is 10.1 Å². The molecule has 2 aromatic heterocycles. The molecule has 0 aliphatic carbocycles. The molecule has 3 aromatic rings. The first-order valence-electron chi connectivity index (χ1n) is 8.20. The van der Waals surface area contributed by atoms with Gasteiger partial charge in [-0.3, -0.25) is 14.8 Å². The van der Waals surface area contributed by atoms with E-state index in [2.05, 4.69) is 15.3 Å². The average Bonchev–Trinajstić information content (AvgIpc) is 2.71.